The molecule has 0 saturated carbocycles. The van der Waals surface area contributed by atoms with Gasteiger partial charge >= 0.3 is 6.03 Å². The molecule has 1 fully saturated rings. The number of rotatable bonds is 4. The predicted molar refractivity (Wildman–Crippen MR) is 101 cm³/mol. The Morgan fingerprint density at radius 3 is 2.52 bits per heavy atom. The summed E-state index contributed by atoms with van der Waals surface area (Å²) in [5, 5.41) is 5.82. The molecule has 25 heavy (non-hydrogen) atoms. The lowest BCUT2D eigenvalue weighted by molar-refractivity contribution is 0.122. The van der Waals surface area contributed by atoms with Crippen LogP contribution < -0.4 is 15.5 Å². The molecule has 0 atom stereocenters. The van der Waals surface area contributed by atoms with Crippen LogP contribution in [-0.2, 0) is 11.3 Å². The monoisotopic (exact) mass is 339 g/mol. The van der Waals surface area contributed by atoms with Gasteiger partial charge in [-0.25, -0.2) is 4.79 Å². The second-order valence-corrected chi connectivity index (χ2v) is 6.39. The number of carbonyl (C=O) groups excluding carboxylic acids is 1. The Morgan fingerprint density at radius 1 is 1.08 bits per heavy atom. The van der Waals surface area contributed by atoms with Crippen LogP contribution in [0.3, 0.4) is 0 Å². The van der Waals surface area contributed by atoms with Gasteiger partial charge in [0.15, 0.2) is 0 Å². The molecule has 0 aromatic heterocycles. The van der Waals surface area contributed by atoms with Gasteiger partial charge in [-0.15, -0.1) is 0 Å². The molecule has 2 aromatic carbocycles. The van der Waals surface area contributed by atoms with Gasteiger partial charge < -0.3 is 20.3 Å². The molecule has 2 N–H and O–H groups in total. The summed E-state index contributed by atoms with van der Waals surface area (Å²) in [6, 6.07) is 14.2. The lowest BCUT2D eigenvalue weighted by Gasteiger charge is -2.28. The summed E-state index contributed by atoms with van der Waals surface area (Å²) < 4.78 is 5.38. The van der Waals surface area contributed by atoms with E-state index >= 15 is 0 Å². The van der Waals surface area contributed by atoms with Crippen LogP contribution in [0, 0.1) is 13.8 Å². The van der Waals surface area contributed by atoms with Gasteiger partial charge in [0.25, 0.3) is 0 Å². The molecule has 1 aliphatic heterocycles. The van der Waals surface area contributed by atoms with Gasteiger partial charge in [-0.1, -0.05) is 24.3 Å². The molecule has 0 unspecified atom stereocenters. The molecule has 0 aliphatic carbocycles. The first kappa shape index (κ1) is 17.3. The number of amides is 2. The summed E-state index contributed by atoms with van der Waals surface area (Å²) in [6.45, 7) is 7.91. The summed E-state index contributed by atoms with van der Waals surface area (Å²) in [5.74, 6) is 0. The Hall–Kier alpha value is -2.53. The van der Waals surface area contributed by atoms with Gasteiger partial charge in [0.2, 0.25) is 0 Å². The van der Waals surface area contributed by atoms with Gasteiger partial charge in [-0.3, -0.25) is 0 Å². The first-order valence-corrected chi connectivity index (χ1v) is 8.65. The van der Waals surface area contributed by atoms with Gasteiger partial charge in [-0.2, -0.15) is 0 Å². The van der Waals surface area contributed by atoms with Crippen molar-refractivity contribution < 1.29 is 9.53 Å². The molecule has 1 saturated heterocycles. The molecule has 2 amide bonds. The van der Waals surface area contributed by atoms with Crippen molar-refractivity contribution in [3.05, 3.63) is 59.2 Å². The zero-order chi connectivity index (χ0) is 17.6. The van der Waals surface area contributed by atoms with Crippen LogP contribution in [0.25, 0.3) is 0 Å². The van der Waals surface area contributed by atoms with E-state index in [9.17, 15) is 4.79 Å². The van der Waals surface area contributed by atoms with Crippen LogP contribution in [0.4, 0.5) is 16.2 Å². The van der Waals surface area contributed by atoms with Crippen molar-refractivity contribution in [3.63, 3.8) is 0 Å². The topological polar surface area (TPSA) is 53.6 Å². The first-order chi connectivity index (χ1) is 12.1. The van der Waals surface area contributed by atoms with Gasteiger partial charge in [0.1, 0.15) is 0 Å². The van der Waals surface area contributed by atoms with E-state index in [2.05, 4.69) is 39.8 Å². The highest BCUT2D eigenvalue weighted by Gasteiger charge is 2.11. The van der Waals surface area contributed by atoms with E-state index in [-0.39, 0.29) is 6.03 Å². The van der Waals surface area contributed by atoms with Crippen LogP contribution in [0.1, 0.15) is 16.7 Å². The van der Waals surface area contributed by atoms with Gasteiger partial charge in [0.05, 0.1) is 13.2 Å². The molecule has 0 spiro atoms. The largest absolute Gasteiger partial charge is 0.378 e. The quantitative estimate of drug-likeness (QED) is 0.897. The number of morpholine rings is 1. The van der Waals surface area contributed by atoms with Crippen LogP contribution in [0.2, 0.25) is 0 Å². The summed E-state index contributed by atoms with van der Waals surface area (Å²) in [4.78, 5) is 14.4. The van der Waals surface area contributed by atoms with E-state index in [1.165, 1.54) is 5.69 Å². The van der Waals surface area contributed by atoms with Crippen molar-refractivity contribution in [1.82, 2.24) is 5.32 Å². The van der Waals surface area contributed by atoms with Crippen molar-refractivity contribution in [2.24, 2.45) is 0 Å². The highest BCUT2D eigenvalue weighted by molar-refractivity contribution is 5.90. The maximum Gasteiger partial charge on any atom is 0.319 e. The molecule has 1 aliphatic rings. The minimum Gasteiger partial charge on any atom is -0.378 e. The molecule has 5 heteroatoms. The number of hydrogen-bond donors (Lipinski definition) is 2. The normalized spacial score (nSPS) is 14.2. The number of carbonyl (C=O) groups is 1. The van der Waals surface area contributed by atoms with Crippen LogP contribution in [0.15, 0.2) is 42.5 Å². The SMILES string of the molecule is Cc1ccc(C)c(NC(=O)NCc2ccc(N3CCOCC3)cc2)c1. The minimum absolute atomic E-state index is 0.189. The smallest absolute Gasteiger partial charge is 0.319 e. The van der Waals surface area contributed by atoms with Gasteiger partial charge in [-0.05, 0) is 48.7 Å². The fourth-order valence-corrected chi connectivity index (χ4v) is 2.87. The van der Waals surface area contributed by atoms with Crippen LogP contribution in [0.5, 0.6) is 0 Å². The van der Waals surface area contributed by atoms with Crippen molar-refractivity contribution in [3.8, 4) is 0 Å². The average Bonchev–Trinajstić information content (AvgIpc) is 2.64. The maximum absolute atomic E-state index is 12.1. The van der Waals surface area contributed by atoms with E-state index in [0.29, 0.717) is 6.54 Å². The third kappa shape index (κ3) is 4.73. The van der Waals surface area contributed by atoms with Crippen LogP contribution >= 0.6 is 0 Å². The minimum atomic E-state index is -0.189. The van der Waals surface area contributed by atoms with Crippen molar-refractivity contribution in [2.45, 2.75) is 20.4 Å². The average molecular weight is 339 g/mol. The third-order valence-electron chi connectivity index (χ3n) is 4.41. The van der Waals surface area contributed by atoms with E-state index < -0.39 is 0 Å². The maximum atomic E-state index is 12.1. The number of ether oxygens (including phenoxy) is 1. The Bertz CT molecular complexity index is 722. The highest BCUT2D eigenvalue weighted by atomic mass is 16.5. The summed E-state index contributed by atoms with van der Waals surface area (Å²) in [5.41, 5.74) is 5.30. The van der Waals surface area contributed by atoms with E-state index in [1.54, 1.807) is 0 Å². The lowest BCUT2D eigenvalue weighted by atomic mass is 10.1. The summed E-state index contributed by atoms with van der Waals surface area (Å²) in [7, 11) is 0. The Labute approximate surface area is 149 Å². The fraction of sp³-hybridized carbons (Fsp3) is 0.350. The number of hydrogen-bond acceptors (Lipinski definition) is 3. The van der Waals surface area contributed by atoms with E-state index in [1.807, 2.05) is 32.0 Å². The van der Waals surface area contributed by atoms with Crippen LogP contribution in [-0.4, -0.2) is 32.3 Å². The Morgan fingerprint density at radius 2 is 1.80 bits per heavy atom. The Kier molecular flexibility index (Phi) is 5.56. The van der Waals surface area contributed by atoms with E-state index in [4.69, 9.17) is 4.74 Å². The predicted octanol–water partition coefficient (Wildman–Crippen LogP) is 3.46. The number of urea groups is 1. The third-order valence-corrected chi connectivity index (χ3v) is 4.41. The molecule has 3 rings (SSSR count). The zero-order valence-corrected chi connectivity index (χ0v) is 14.8. The standard InChI is InChI=1S/C20H25N3O2/c1-15-3-4-16(2)19(13-15)22-20(24)21-14-17-5-7-18(8-6-17)23-9-11-25-12-10-23/h3-8,13H,9-12,14H2,1-2H3,(H2,21,22,24). The molecule has 1 heterocycles. The molecule has 132 valence electrons. The first-order valence-electron chi connectivity index (χ1n) is 8.65. The summed E-state index contributed by atoms with van der Waals surface area (Å²) in [6.07, 6.45) is 0. The number of nitrogens with one attached hydrogen (secondary N) is 2. The molecule has 2 aromatic rings. The lowest BCUT2D eigenvalue weighted by Crippen LogP contribution is -2.36. The number of anilines is 2. The van der Waals surface area contributed by atoms with Crippen molar-refractivity contribution in [1.29, 1.82) is 0 Å². The van der Waals surface area contributed by atoms with Crippen molar-refractivity contribution >= 4 is 17.4 Å². The van der Waals surface area contributed by atoms with Gasteiger partial charge in [0, 0.05) is 31.0 Å². The van der Waals surface area contributed by atoms with E-state index in [0.717, 1.165) is 48.7 Å². The molecule has 0 radical (unpaired) electrons. The summed E-state index contributed by atoms with van der Waals surface area (Å²) >= 11 is 0. The second kappa shape index (κ2) is 8.03. The second-order valence-electron chi connectivity index (χ2n) is 6.39. The molecule has 5 nitrogen and oxygen atoms in total. The number of aryl methyl sites for hydroxylation is 2. The molecule has 0 bridgehead atoms. The fourth-order valence-electron chi connectivity index (χ4n) is 2.87. The number of benzene rings is 2. The number of nitrogens with zero attached hydrogens (tertiary/aromatic N) is 1. The molecular weight excluding hydrogens is 314 g/mol. The molecular formula is C20H25N3O2. The highest BCUT2D eigenvalue weighted by Crippen LogP contribution is 2.17. The zero-order valence-electron chi connectivity index (χ0n) is 14.8. The Balaban J connectivity index is 1.52. The van der Waals surface area contributed by atoms with Crippen molar-refractivity contribution in [2.75, 3.05) is 36.5 Å².